The number of nitrogens with one attached hydrogen (secondary N) is 1. The van der Waals surface area contributed by atoms with Crippen molar-refractivity contribution >= 4 is 45.4 Å². The Morgan fingerprint density at radius 1 is 1.07 bits per heavy atom. The van der Waals surface area contributed by atoms with Gasteiger partial charge in [0.25, 0.3) is 5.88 Å². The van der Waals surface area contributed by atoms with E-state index in [0.29, 0.717) is 52.9 Å². The average molecular weight is 1010 g/mol. The van der Waals surface area contributed by atoms with Crippen LogP contribution in [-0.4, -0.2) is 128 Å². The highest BCUT2D eigenvalue weighted by Crippen LogP contribution is 2.48. The maximum absolute atomic E-state index is 14.1. The first-order chi connectivity index (χ1) is 34.3. The highest BCUT2D eigenvalue weighted by molar-refractivity contribution is 7.16. The Bertz CT molecular complexity index is 2860. The minimum absolute atomic E-state index is 0.0415. The number of carbonyl (C=O) groups excluding carboxylic acids is 2. The first-order valence-electron chi connectivity index (χ1n) is 24.2. The Hall–Kier alpha value is -6.31. The predicted molar refractivity (Wildman–Crippen MR) is 267 cm³/mol. The van der Waals surface area contributed by atoms with Crippen molar-refractivity contribution in [1.82, 2.24) is 45.4 Å². The second kappa shape index (κ2) is 21.6. The van der Waals surface area contributed by atoms with Crippen molar-refractivity contribution in [2.75, 3.05) is 63.2 Å². The molecule has 21 heteroatoms. The van der Waals surface area contributed by atoms with Gasteiger partial charge in [-0.3, -0.25) is 14.5 Å². The summed E-state index contributed by atoms with van der Waals surface area (Å²) in [7, 11) is 0. The molecule has 0 saturated carbocycles. The number of aliphatic hydroxyl groups is 1. The number of anilines is 2. The number of aryl methyl sites for hydroxylation is 2. The van der Waals surface area contributed by atoms with E-state index in [-0.39, 0.29) is 55.8 Å². The number of thiazole rings is 1. The summed E-state index contributed by atoms with van der Waals surface area (Å²) in [5, 5.41) is 32.5. The van der Waals surface area contributed by atoms with E-state index in [0.717, 1.165) is 84.0 Å². The van der Waals surface area contributed by atoms with E-state index >= 15 is 0 Å². The lowest BCUT2D eigenvalue weighted by Crippen LogP contribution is -2.48. The fourth-order valence-electron chi connectivity index (χ4n) is 10.1. The number of benzene rings is 1. The Labute approximate surface area is 420 Å². The molecule has 3 aliphatic rings. The summed E-state index contributed by atoms with van der Waals surface area (Å²) in [4.78, 5) is 54.6. The van der Waals surface area contributed by atoms with Gasteiger partial charge in [0.2, 0.25) is 29.5 Å². The van der Waals surface area contributed by atoms with E-state index in [1.807, 2.05) is 57.5 Å². The number of hydrogen-bond donors (Lipinski definition) is 3. The van der Waals surface area contributed by atoms with Gasteiger partial charge in [0.1, 0.15) is 35.3 Å². The van der Waals surface area contributed by atoms with Gasteiger partial charge < -0.3 is 44.5 Å². The summed E-state index contributed by atoms with van der Waals surface area (Å²) < 4.78 is 23.4. The number of β-amino-alcohol motifs (C(OH)–C–C–N with tert-alkyl or cyclic N) is 1. The molecule has 6 aromatic rings. The zero-order valence-corrected chi connectivity index (χ0v) is 42.3. The van der Waals surface area contributed by atoms with Gasteiger partial charge in [-0.15, -0.1) is 22.7 Å². The number of rotatable bonds is 17. The molecule has 5 atom stereocenters. The largest absolute Gasteiger partial charge is 0.473 e. The van der Waals surface area contributed by atoms with Crippen LogP contribution in [0.15, 0.2) is 57.2 Å². The van der Waals surface area contributed by atoms with E-state index < -0.39 is 23.5 Å². The number of thiophene rings is 1. The van der Waals surface area contributed by atoms with Crippen molar-refractivity contribution in [3.63, 3.8) is 0 Å². The summed E-state index contributed by atoms with van der Waals surface area (Å²) in [6, 6.07) is 12.9. The Morgan fingerprint density at radius 3 is 2.68 bits per heavy atom. The zero-order chi connectivity index (χ0) is 49.8. The molecule has 1 aliphatic carbocycles. The van der Waals surface area contributed by atoms with Crippen LogP contribution in [0.5, 0.6) is 5.88 Å². The number of hydrogen-bond acceptors (Lipinski definition) is 19. The van der Waals surface area contributed by atoms with Gasteiger partial charge in [-0.25, -0.2) is 15.0 Å². The van der Waals surface area contributed by atoms with Crippen LogP contribution in [0.2, 0.25) is 0 Å². The van der Waals surface area contributed by atoms with Gasteiger partial charge in [0.15, 0.2) is 5.76 Å². The highest BCUT2D eigenvalue weighted by atomic mass is 32.1. The average Bonchev–Trinajstić information content (AvgIpc) is 4.22. The normalized spacial score (nSPS) is 21.0. The number of nitrogens with zero attached hydrogens (tertiary/aromatic N) is 10. The van der Waals surface area contributed by atoms with Crippen molar-refractivity contribution in [3.8, 4) is 33.9 Å². The number of nitrogens with two attached hydrogens (primary N) is 1. The third-order valence-corrected chi connectivity index (χ3v) is 15.8. The third kappa shape index (κ3) is 10.7. The van der Waals surface area contributed by atoms with Crippen LogP contribution in [0.25, 0.3) is 22.0 Å². The lowest BCUT2D eigenvalue weighted by molar-refractivity contribution is -0.141. The third-order valence-electron chi connectivity index (χ3n) is 13.8. The fraction of sp³-hybridized carbons (Fsp3) is 0.500. The number of aliphatic hydroxyl groups excluding tert-OH is 1. The van der Waals surface area contributed by atoms with Crippen LogP contribution in [0.4, 0.5) is 10.9 Å². The quantitative estimate of drug-likeness (QED) is 0.0871. The molecule has 2 amide bonds. The van der Waals surface area contributed by atoms with E-state index in [4.69, 9.17) is 34.2 Å². The summed E-state index contributed by atoms with van der Waals surface area (Å²) in [5.41, 5.74) is 12.4. The number of aromatic nitrogens is 6. The summed E-state index contributed by atoms with van der Waals surface area (Å²) in [6.07, 6.45) is 4.50. The summed E-state index contributed by atoms with van der Waals surface area (Å²) in [6.45, 7) is 14.5. The summed E-state index contributed by atoms with van der Waals surface area (Å²) >= 11 is 3.05. The molecule has 2 aliphatic heterocycles. The number of nitrogen functional groups attached to an aromatic ring is 1. The minimum Gasteiger partial charge on any atom is -0.473 e. The van der Waals surface area contributed by atoms with Gasteiger partial charge in [0.05, 0.1) is 46.4 Å². The standard InChI is InChI=1S/C50H60N12O7S2/c1-29(2)41(47(65)62-27-34(63)22-37(62)46(64)54-25-32-9-11-33(12-10-32)43-31(4)55-28-70-43)38-23-40(58-68-38)67-21-20-66-19-18-60-16-7-17-61(30(3)26-60)49-53-15-13-36(56-49)45-57-48(69-59-45)50(5)14-6-8-39-42(50)35(24-51)44(52)71-39/h9-13,15,23,28-30,34,37,41,63H,6-8,14,16-22,25-27,52H2,1-5H3,(H,54,64)/t30-,34+,37-,41?,50-/m0/s1. The van der Waals surface area contributed by atoms with Gasteiger partial charge >= 0.3 is 0 Å². The molecule has 5 aromatic heterocycles. The predicted octanol–water partition coefficient (Wildman–Crippen LogP) is 6.12. The van der Waals surface area contributed by atoms with E-state index in [1.165, 1.54) is 16.2 Å². The molecule has 19 nitrogen and oxygen atoms in total. The van der Waals surface area contributed by atoms with Gasteiger partial charge in [-0.1, -0.05) is 43.3 Å². The number of fused-ring (bicyclic) bond motifs is 1. The molecule has 0 radical (unpaired) electrons. The lowest BCUT2D eigenvalue weighted by atomic mass is 9.72. The van der Waals surface area contributed by atoms with Gasteiger partial charge in [0, 0.05) is 67.9 Å². The topological polar surface area (TPSA) is 248 Å². The number of likely N-dealkylation sites (tertiary alicyclic amines) is 1. The second-order valence-corrected chi connectivity index (χ2v) is 21.1. The van der Waals surface area contributed by atoms with Crippen molar-refractivity contribution in [1.29, 1.82) is 5.26 Å². The molecule has 4 N–H and O–H groups in total. The molecular formula is C50H60N12O7S2. The number of amides is 2. The SMILES string of the molecule is Cc1ncsc1-c1ccc(CNC(=O)[C@@H]2C[C@@H](O)CN2C(=O)C(c2cc(OCCOCCN3CCCN(c4nccc(-c5noc([C@@]6(C)CCCc7sc(N)c(C#N)c76)n5)n4)[C@@H](C)C3)no2)C(C)C)cc1. The molecule has 71 heavy (non-hydrogen) atoms. The summed E-state index contributed by atoms with van der Waals surface area (Å²) in [5.74, 6) is 0.391. The fourth-order valence-corrected chi connectivity index (χ4v) is 12.1. The number of nitriles is 1. The van der Waals surface area contributed by atoms with E-state index in [2.05, 4.69) is 48.4 Å². The van der Waals surface area contributed by atoms with Crippen LogP contribution >= 0.6 is 22.7 Å². The molecule has 7 heterocycles. The lowest BCUT2D eigenvalue weighted by Gasteiger charge is -2.30. The molecule has 2 saturated heterocycles. The number of ether oxygens (including phenoxy) is 2. The second-order valence-electron chi connectivity index (χ2n) is 19.1. The highest BCUT2D eigenvalue weighted by Gasteiger charge is 2.45. The molecule has 1 aromatic carbocycles. The maximum Gasteiger partial charge on any atom is 0.254 e. The van der Waals surface area contributed by atoms with Crippen LogP contribution in [0.3, 0.4) is 0 Å². The first-order valence-corrected chi connectivity index (χ1v) is 25.9. The zero-order valence-electron chi connectivity index (χ0n) is 40.7. The molecule has 374 valence electrons. The van der Waals surface area contributed by atoms with E-state index in [9.17, 15) is 20.0 Å². The molecule has 2 fully saturated rings. The van der Waals surface area contributed by atoms with Crippen LogP contribution in [0.1, 0.15) is 98.2 Å². The molecule has 0 bridgehead atoms. The Kier molecular flexibility index (Phi) is 15.1. The molecular weight excluding hydrogens is 945 g/mol. The van der Waals surface area contributed by atoms with Gasteiger partial charge in [-0.05, 0) is 81.3 Å². The maximum atomic E-state index is 14.1. The molecule has 0 spiro atoms. The first kappa shape index (κ1) is 49.7. The molecule has 9 rings (SSSR count). The van der Waals surface area contributed by atoms with Crippen molar-refractivity contribution in [2.45, 2.75) is 103 Å². The molecule has 1 unspecified atom stereocenters. The monoisotopic (exact) mass is 1000 g/mol. The van der Waals surface area contributed by atoms with Crippen LogP contribution < -0.4 is 20.7 Å². The smallest absolute Gasteiger partial charge is 0.254 e. The van der Waals surface area contributed by atoms with Crippen molar-refractivity contribution in [3.05, 3.63) is 87.0 Å². The van der Waals surface area contributed by atoms with Gasteiger partial charge in [-0.2, -0.15) is 10.2 Å². The number of carbonyl (C=O) groups is 2. The Balaban J connectivity index is 0.726. The van der Waals surface area contributed by atoms with Crippen molar-refractivity contribution in [2.24, 2.45) is 5.92 Å². The van der Waals surface area contributed by atoms with Crippen LogP contribution in [0, 0.1) is 24.2 Å². The Morgan fingerprint density at radius 2 is 1.90 bits per heavy atom. The van der Waals surface area contributed by atoms with Crippen LogP contribution in [-0.2, 0) is 32.7 Å². The van der Waals surface area contributed by atoms with E-state index in [1.54, 1.807) is 29.7 Å². The van der Waals surface area contributed by atoms with Crippen molar-refractivity contribution < 1.29 is 33.2 Å². The minimum atomic E-state index is -0.831.